The number of rotatable bonds is 7. The molecule has 0 amide bonds. The van der Waals surface area contributed by atoms with Crippen molar-refractivity contribution in [2.45, 2.75) is 57.5 Å². The van der Waals surface area contributed by atoms with Gasteiger partial charge in [0, 0.05) is 6.61 Å². The first-order valence-electron chi connectivity index (χ1n) is 7.98. The minimum absolute atomic E-state index is 0.571. The number of hydrogen-bond donors (Lipinski definition) is 2. The van der Waals surface area contributed by atoms with Gasteiger partial charge in [0.2, 0.25) is 0 Å². The summed E-state index contributed by atoms with van der Waals surface area (Å²) in [5.74, 6) is 0.845. The average molecular weight is 254 g/mol. The maximum Gasteiger partial charge on any atom is 0.0575 e. The molecule has 106 valence electrons. The molecule has 2 rings (SSSR count). The van der Waals surface area contributed by atoms with Gasteiger partial charge in [0.15, 0.2) is 0 Å². The third kappa shape index (κ3) is 5.68. The van der Waals surface area contributed by atoms with Crippen LogP contribution in [0.3, 0.4) is 0 Å². The molecule has 1 heterocycles. The lowest BCUT2D eigenvalue weighted by atomic mass is 9.98. The van der Waals surface area contributed by atoms with Gasteiger partial charge in [0.25, 0.3) is 0 Å². The molecule has 2 N–H and O–H groups in total. The standard InChI is InChI=1S/C15H30N2O/c1-2-7-15(8-3-1)18-11-5-10-17-13-14-6-4-9-16-12-14/h14-17H,1-13H2. The lowest BCUT2D eigenvalue weighted by Gasteiger charge is -2.23. The van der Waals surface area contributed by atoms with Gasteiger partial charge in [-0.1, -0.05) is 19.3 Å². The molecule has 0 aromatic rings. The van der Waals surface area contributed by atoms with E-state index in [1.807, 2.05) is 0 Å². The highest BCUT2D eigenvalue weighted by Gasteiger charge is 2.13. The molecule has 1 atom stereocenters. The fourth-order valence-electron chi connectivity index (χ4n) is 3.08. The highest BCUT2D eigenvalue weighted by Crippen LogP contribution is 2.20. The Morgan fingerprint density at radius 3 is 2.72 bits per heavy atom. The molecule has 3 heteroatoms. The summed E-state index contributed by atoms with van der Waals surface area (Å²) in [5, 5.41) is 7.04. The Kier molecular flexibility index (Phi) is 7.06. The van der Waals surface area contributed by atoms with Crippen molar-refractivity contribution in [2.24, 2.45) is 5.92 Å². The van der Waals surface area contributed by atoms with E-state index in [1.165, 1.54) is 64.6 Å². The molecule has 3 nitrogen and oxygen atoms in total. The molecule has 1 aliphatic carbocycles. The van der Waals surface area contributed by atoms with Crippen LogP contribution in [0.4, 0.5) is 0 Å². The third-order valence-electron chi connectivity index (χ3n) is 4.24. The second-order valence-corrected chi connectivity index (χ2v) is 5.90. The molecule has 1 unspecified atom stereocenters. The van der Waals surface area contributed by atoms with Crippen molar-refractivity contribution in [3.05, 3.63) is 0 Å². The minimum atomic E-state index is 0.571. The number of hydrogen-bond acceptors (Lipinski definition) is 3. The van der Waals surface area contributed by atoms with Crippen LogP contribution in [0.5, 0.6) is 0 Å². The van der Waals surface area contributed by atoms with Gasteiger partial charge in [-0.3, -0.25) is 0 Å². The molecule has 1 saturated carbocycles. The lowest BCUT2D eigenvalue weighted by molar-refractivity contribution is 0.0272. The monoisotopic (exact) mass is 254 g/mol. The molecule has 18 heavy (non-hydrogen) atoms. The first-order chi connectivity index (χ1) is 8.95. The summed E-state index contributed by atoms with van der Waals surface area (Å²) in [4.78, 5) is 0. The van der Waals surface area contributed by atoms with Gasteiger partial charge >= 0.3 is 0 Å². The smallest absolute Gasteiger partial charge is 0.0575 e. The van der Waals surface area contributed by atoms with Crippen LogP contribution >= 0.6 is 0 Å². The normalized spacial score (nSPS) is 26.3. The molecule has 0 radical (unpaired) electrons. The first kappa shape index (κ1) is 14.3. The average Bonchev–Trinajstić information content (AvgIpc) is 2.45. The summed E-state index contributed by atoms with van der Waals surface area (Å²) >= 11 is 0. The summed E-state index contributed by atoms with van der Waals surface area (Å²) in [6.07, 6.45) is 11.2. The number of piperidine rings is 1. The molecular formula is C15H30N2O. The zero-order valence-electron chi connectivity index (χ0n) is 11.8. The van der Waals surface area contributed by atoms with E-state index in [2.05, 4.69) is 10.6 Å². The molecule has 0 spiro atoms. The van der Waals surface area contributed by atoms with Crippen LogP contribution in [0.1, 0.15) is 51.4 Å². The summed E-state index contributed by atoms with van der Waals surface area (Å²) in [5.41, 5.74) is 0. The molecule has 2 aliphatic rings. The van der Waals surface area contributed by atoms with E-state index in [0.717, 1.165) is 25.5 Å². The second-order valence-electron chi connectivity index (χ2n) is 5.90. The van der Waals surface area contributed by atoms with Crippen LogP contribution in [0.2, 0.25) is 0 Å². The Bertz CT molecular complexity index is 177. The fraction of sp³-hybridized carbons (Fsp3) is 1.00. The molecule has 0 bridgehead atoms. The van der Waals surface area contributed by atoms with Crippen LogP contribution in [-0.2, 0) is 4.74 Å². The Hall–Kier alpha value is -0.120. The van der Waals surface area contributed by atoms with Gasteiger partial charge in [0.05, 0.1) is 6.10 Å². The van der Waals surface area contributed by atoms with Crippen molar-refractivity contribution in [2.75, 3.05) is 32.8 Å². The Balaban J connectivity index is 1.39. The summed E-state index contributed by atoms with van der Waals surface area (Å²) < 4.78 is 5.92. The largest absolute Gasteiger partial charge is 0.378 e. The van der Waals surface area contributed by atoms with Gasteiger partial charge in [-0.15, -0.1) is 0 Å². The SMILES string of the molecule is C1CCC(OCCCNCC2CCCNC2)CC1. The minimum Gasteiger partial charge on any atom is -0.378 e. The summed E-state index contributed by atoms with van der Waals surface area (Å²) in [6, 6.07) is 0. The van der Waals surface area contributed by atoms with Crippen molar-refractivity contribution >= 4 is 0 Å². The van der Waals surface area contributed by atoms with Gasteiger partial charge < -0.3 is 15.4 Å². The Labute approximate surface area is 112 Å². The van der Waals surface area contributed by atoms with E-state index < -0.39 is 0 Å². The number of nitrogens with one attached hydrogen (secondary N) is 2. The third-order valence-corrected chi connectivity index (χ3v) is 4.24. The van der Waals surface area contributed by atoms with Gasteiger partial charge in [-0.25, -0.2) is 0 Å². The van der Waals surface area contributed by atoms with Gasteiger partial charge in [-0.05, 0) is 64.2 Å². The quantitative estimate of drug-likeness (QED) is 0.684. The van der Waals surface area contributed by atoms with E-state index in [-0.39, 0.29) is 0 Å². The fourth-order valence-corrected chi connectivity index (χ4v) is 3.08. The van der Waals surface area contributed by atoms with E-state index in [0.29, 0.717) is 6.10 Å². The predicted molar refractivity (Wildman–Crippen MR) is 75.9 cm³/mol. The van der Waals surface area contributed by atoms with Crippen molar-refractivity contribution in [1.29, 1.82) is 0 Å². The highest BCUT2D eigenvalue weighted by molar-refractivity contribution is 4.71. The second kappa shape index (κ2) is 8.89. The van der Waals surface area contributed by atoms with Crippen LogP contribution in [0, 0.1) is 5.92 Å². The maximum atomic E-state index is 5.92. The zero-order valence-corrected chi connectivity index (χ0v) is 11.8. The molecule has 0 aromatic heterocycles. The summed E-state index contributed by atoms with van der Waals surface area (Å²) in [7, 11) is 0. The van der Waals surface area contributed by atoms with Crippen LogP contribution in [-0.4, -0.2) is 38.9 Å². The predicted octanol–water partition coefficient (Wildman–Crippen LogP) is 2.32. The Morgan fingerprint density at radius 1 is 1.06 bits per heavy atom. The van der Waals surface area contributed by atoms with E-state index in [9.17, 15) is 0 Å². The number of ether oxygens (including phenoxy) is 1. The summed E-state index contributed by atoms with van der Waals surface area (Å²) in [6.45, 7) is 5.65. The van der Waals surface area contributed by atoms with Gasteiger partial charge in [-0.2, -0.15) is 0 Å². The van der Waals surface area contributed by atoms with Crippen LogP contribution < -0.4 is 10.6 Å². The van der Waals surface area contributed by atoms with E-state index in [1.54, 1.807) is 0 Å². The van der Waals surface area contributed by atoms with Crippen molar-refractivity contribution < 1.29 is 4.74 Å². The highest BCUT2D eigenvalue weighted by atomic mass is 16.5. The molecular weight excluding hydrogens is 224 g/mol. The van der Waals surface area contributed by atoms with E-state index >= 15 is 0 Å². The maximum absolute atomic E-state index is 5.92. The van der Waals surface area contributed by atoms with E-state index in [4.69, 9.17) is 4.74 Å². The molecule has 2 fully saturated rings. The topological polar surface area (TPSA) is 33.3 Å². The van der Waals surface area contributed by atoms with Crippen molar-refractivity contribution in [3.63, 3.8) is 0 Å². The van der Waals surface area contributed by atoms with Crippen molar-refractivity contribution in [3.8, 4) is 0 Å². The molecule has 0 aromatic carbocycles. The lowest BCUT2D eigenvalue weighted by Crippen LogP contribution is -2.36. The first-order valence-corrected chi connectivity index (χ1v) is 7.98. The zero-order chi connectivity index (χ0) is 12.5. The van der Waals surface area contributed by atoms with Crippen molar-refractivity contribution in [1.82, 2.24) is 10.6 Å². The molecule has 1 aliphatic heterocycles. The van der Waals surface area contributed by atoms with Crippen LogP contribution in [0.15, 0.2) is 0 Å². The Morgan fingerprint density at radius 2 is 1.94 bits per heavy atom. The van der Waals surface area contributed by atoms with Gasteiger partial charge in [0.1, 0.15) is 0 Å². The van der Waals surface area contributed by atoms with Crippen LogP contribution in [0.25, 0.3) is 0 Å². The molecule has 1 saturated heterocycles.